The molecule has 5 heteroatoms. The van der Waals surface area contributed by atoms with E-state index in [0.717, 1.165) is 19.4 Å². The number of nitrogens with one attached hydrogen (secondary N) is 2. The minimum atomic E-state index is -0.0875. The van der Waals surface area contributed by atoms with Crippen molar-refractivity contribution in [3.63, 3.8) is 0 Å². The van der Waals surface area contributed by atoms with Crippen LogP contribution < -0.4 is 15.4 Å². The summed E-state index contributed by atoms with van der Waals surface area (Å²) in [4.78, 5) is 11.8. The number of benzene rings is 1. The SMILES string of the molecule is CC1NCCCC1NC(=O)COc1ccc(Cl)cc1. The number of ether oxygens (including phenoxy) is 1. The molecule has 0 bridgehead atoms. The zero-order chi connectivity index (χ0) is 13.7. The topological polar surface area (TPSA) is 50.4 Å². The molecule has 4 nitrogen and oxygen atoms in total. The van der Waals surface area contributed by atoms with E-state index in [1.807, 2.05) is 0 Å². The van der Waals surface area contributed by atoms with Crippen LogP contribution >= 0.6 is 11.6 Å². The number of hydrogen-bond donors (Lipinski definition) is 2. The Labute approximate surface area is 118 Å². The largest absolute Gasteiger partial charge is 0.484 e. The highest BCUT2D eigenvalue weighted by atomic mass is 35.5. The van der Waals surface area contributed by atoms with Gasteiger partial charge in [0.15, 0.2) is 6.61 Å². The maximum Gasteiger partial charge on any atom is 0.258 e. The highest BCUT2D eigenvalue weighted by Gasteiger charge is 2.22. The Morgan fingerprint density at radius 2 is 2.21 bits per heavy atom. The maximum atomic E-state index is 11.8. The monoisotopic (exact) mass is 282 g/mol. The Bertz CT molecular complexity index is 422. The van der Waals surface area contributed by atoms with Crippen LogP contribution in [0.25, 0.3) is 0 Å². The van der Waals surface area contributed by atoms with Crippen LogP contribution in [0.5, 0.6) is 5.75 Å². The molecule has 2 N–H and O–H groups in total. The minimum absolute atomic E-state index is 0.0326. The van der Waals surface area contributed by atoms with E-state index in [1.165, 1.54) is 0 Å². The first-order chi connectivity index (χ1) is 9.15. The van der Waals surface area contributed by atoms with Crippen molar-refractivity contribution in [3.8, 4) is 5.75 Å². The lowest BCUT2D eigenvalue weighted by Gasteiger charge is -2.30. The number of hydrogen-bond acceptors (Lipinski definition) is 3. The molecular formula is C14H19ClN2O2. The number of rotatable bonds is 4. The van der Waals surface area contributed by atoms with Gasteiger partial charge in [-0.25, -0.2) is 0 Å². The molecular weight excluding hydrogens is 264 g/mol. The fourth-order valence-electron chi connectivity index (χ4n) is 2.17. The fourth-order valence-corrected chi connectivity index (χ4v) is 2.30. The highest BCUT2D eigenvalue weighted by Crippen LogP contribution is 2.15. The van der Waals surface area contributed by atoms with E-state index in [1.54, 1.807) is 24.3 Å². The average Bonchev–Trinajstić information content (AvgIpc) is 2.41. The van der Waals surface area contributed by atoms with Crippen molar-refractivity contribution in [1.82, 2.24) is 10.6 Å². The molecule has 1 fully saturated rings. The molecule has 2 unspecified atom stereocenters. The highest BCUT2D eigenvalue weighted by molar-refractivity contribution is 6.30. The molecule has 0 radical (unpaired) electrons. The summed E-state index contributed by atoms with van der Waals surface area (Å²) in [6.07, 6.45) is 2.11. The Balaban J connectivity index is 1.76. The smallest absolute Gasteiger partial charge is 0.258 e. The standard InChI is InChI=1S/C14H19ClN2O2/c1-10-13(3-2-8-16-10)17-14(18)9-19-12-6-4-11(15)5-7-12/h4-7,10,13,16H,2-3,8-9H2,1H3,(H,17,18). The molecule has 2 atom stereocenters. The summed E-state index contributed by atoms with van der Waals surface area (Å²) in [5, 5.41) is 7.00. The molecule has 1 aromatic rings. The number of halogens is 1. The van der Waals surface area contributed by atoms with Gasteiger partial charge in [0.05, 0.1) is 0 Å². The Kier molecular flexibility index (Phi) is 5.05. The van der Waals surface area contributed by atoms with Gasteiger partial charge in [-0.15, -0.1) is 0 Å². The third-order valence-corrected chi connectivity index (χ3v) is 3.54. The van der Waals surface area contributed by atoms with E-state index in [9.17, 15) is 4.79 Å². The molecule has 0 aliphatic carbocycles. The van der Waals surface area contributed by atoms with Crippen molar-refractivity contribution in [2.24, 2.45) is 0 Å². The van der Waals surface area contributed by atoms with Gasteiger partial charge in [0.25, 0.3) is 5.91 Å². The van der Waals surface area contributed by atoms with Gasteiger partial charge in [-0.3, -0.25) is 4.79 Å². The van der Waals surface area contributed by atoms with Gasteiger partial charge < -0.3 is 15.4 Å². The summed E-state index contributed by atoms with van der Waals surface area (Å²) in [5.74, 6) is 0.560. The van der Waals surface area contributed by atoms with Gasteiger partial charge in [-0.05, 0) is 50.6 Å². The predicted molar refractivity (Wildman–Crippen MR) is 75.6 cm³/mol. The van der Waals surface area contributed by atoms with Crippen molar-refractivity contribution < 1.29 is 9.53 Å². The van der Waals surface area contributed by atoms with Gasteiger partial charge in [0.1, 0.15) is 5.75 Å². The van der Waals surface area contributed by atoms with Crippen molar-refractivity contribution in [1.29, 1.82) is 0 Å². The number of carbonyl (C=O) groups excluding carboxylic acids is 1. The molecule has 2 rings (SSSR count). The van der Waals surface area contributed by atoms with E-state index >= 15 is 0 Å². The Morgan fingerprint density at radius 1 is 1.47 bits per heavy atom. The molecule has 1 amide bonds. The molecule has 1 aliphatic heterocycles. The molecule has 1 saturated heterocycles. The van der Waals surface area contributed by atoms with Crippen molar-refractivity contribution >= 4 is 17.5 Å². The summed E-state index contributed by atoms with van der Waals surface area (Å²) < 4.78 is 5.41. The lowest BCUT2D eigenvalue weighted by atomic mass is 10.00. The molecule has 19 heavy (non-hydrogen) atoms. The van der Waals surface area contributed by atoms with Gasteiger partial charge >= 0.3 is 0 Å². The Hall–Kier alpha value is -1.26. The summed E-state index contributed by atoms with van der Waals surface area (Å²) in [6.45, 7) is 3.14. The van der Waals surface area contributed by atoms with E-state index < -0.39 is 0 Å². The Morgan fingerprint density at radius 3 is 2.89 bits per heavy atom. The normalized spacial score (nSPS) is 22.8. The third kappa shape index (κ3) is 4.40. The molecule has 0 aromatic heterocycles. The predicted octanol–water partition coefficient (Wildman–Crippen LogP) is 1.98. The van der Waals surface area contributed by atoms with Crippen LogP contribution in [-0.4, -0.2) is 31.1 Å². The zero-order valence-corrected chi connectivity index (χ0v) is 11.7. The summed E-state index contributed by atoms with van der Waals surface area (Å²) >= 11 is 5.78. The van der Waals surface area contributed by atoms with Crippen LogP contribution in [0.3, 0.4) is 0 Å². The van der Waals surface area contributed by atoms with Crippen LogP contribution in [0.1, 0.15) is 19.8 Å². The molecule has 1 heterocycles. The van der Waals surface area contributed by atoms with E-state index in [0.29, 0.717) is 16.8 Å². The van der Waals surface area contributed by atoms with Crippen molar-refractivity contribution in [2.75, 3.05) is 13.2 Å². The quantitative estimate of drug-likeness (QED) is 0.888. The summed E-state index contributed by atoms with van der Waals surface area (Å²) in [5.41, 5.74) is 0. The van der Waals surface area contributed by atoms with E-state index in [4.69, 9.17) is 16.3 Å². The zero-order valence-electron chi connectivity index (χ0n) is 11.0. The average molecular weight is 283 g/mol. The number of piperidine rings is 1. The van der Waals surface area contributed by atoms with Gasteiger partial charge in [0.2, 0.25) is 0 Å². The fraction of sp³-hybridized carbons (Fsp3) is 0.500. The first kappa shape index (κ1) is 14.2. The lowest BCUT2D eigenvalue weighted by molar-refractivity contribution is -0.124. The van der Waals surface area contributed by atoms with Crippen LogP contribution in [0.15, 0.2) is 24.3 Å². The molecule has 1 aromatic carbocycles. The van der Waals surface area contributed by atoms with Gasteiger partial charge in [0, 0.05) is 17.1 Å². The maximum absolute atomic E-state index is 11.8. The van der Waals surface area contributed by atoms with Crippen LogP contribution in [-0.2, 0) is 4.79 Å². The molecule has 0 saturated carbocycles. The first-order valence-electron chi connectivity index (χ1n) is 6.56. The van der Waals surface area contributed by atoms with E-state index in [2.05, 4.69) is 17.6 Å². The number of amides is 1. The minimum Gasteiger partial charge on any atom is -0.484 e. The van der Waals surface area contributed by atoms with Crippen molar-refractivity contribution in [2.45, 2.75) is 31.8 Å². The van der Waals surface area contributed by atoms with Gasteiger partial charge in [-0.2, -0.15) is 0 Å². The van der Waals surface area contributed by atoms with Crippen LogP contribution in [0.4, 0.5) is 0 Å². The second-order valence-corrected chi connectivity index (χ2v) is 5.24. The third-order valence-electron chi connectivity index (χ3n) is 3.29. The molecule has 104 valence electrons. The molecule has 0 spiro atoms. The second-order valence-electron chi connectivity index (χ2n) is 4.80. The second kappa shape index (κ2) is 6.78. The van der Waals surface area contributed by atoms with Crippen molar-refractivity contribution in [3.05, 3.63) is 29.3 Å². The van der Waals surface area contributed by atoms with Gasteiger partial charge in [-0.1, -0.05) is 11.6 Å². The van der Waals surface area contributed by atoms with Crippen LogP contribution in [0, 0.1) is 0 Å². The summed E-state index contributed by atoms with van der Waals surface area (Å²) in [7, 11) is 0. The van der Waals surface area contributed by atoms with Crippen LogP contribution in [0.2, 0.25) is 5.02 Å². The first-order valence-corrected chi connectivity index (χ1v) is 6.94. The summed E-state index contributed by atoms with van der Waals surface area (Å²) in [6, 6.07) is 7.48. The lowest BCUT2D eigenvalue weighted by Crippen LogP contribution is -2.52. The number of carbonyl (C=O) groups is 1. The van der Waals surface area contributed by atoms with E-state index in [-0.39, 0.29) is 18.6 Å². The molecule has 1 aliphatic rings.